The zero-order valence-electron chi connectivity index (χ0n) is 14.5. The SMILES string of the molecule is CCN(CC)S(=O)(=O)c1ccc(OCC(=O)c2ccc(Br)s2)c([N+](=O)[O-])c1. The molecule has 8 nitrogen and oxygen atoms in total. The maximum atomic E-state index is 12.5. The van der Waals surface area contributed by atoms with E-state index in [0.717, 1.165) is 9.85 Å². The van der Waals surface area contributed by atoms with Crippen LogP contribution in [0.3, 0.4) is 0 Å². The van der Waals surface area contributed by atoms with E-state index in [9.17, 15) is 23.3 Å². The Morgan fingerprint density at radius 3 is 2.44 bits per heavy atom. The van der Waals surface area contributed by atoms with Gasteiger partial charge < -0.3 is 4.74 Å². The Labute approximate surface area is 169 Å². The lowest BCUT2D eigenvalue weighted by atomic mass is 10.3. The van der Waals surface area contributed by atoms with Crippen LogP contribution in [0, 0.1) is 10.1 Å². The minimum atomic E-state index is -3.84. The molecular weight excluding hydrogens is 460 g/mol. The van der Waals surface area contributed by atoms with E-state index >= 15 is 0 Å². The molecule has 27 heavy (non-hydrogen) atoms. The number of nitrogens with zero attached hydrogens (tertiary/aromatic N) is 2. The summed E-state index contributed by atoms with van der Waals surface area (Å²) in [5, 5.41) is 11.4. The summed E-state index contributed by atoms with van der Waals surface area (Å²) in [4.78, 5) is 23.0. The molecule has 0 N–H and O–H groups in total. The molecule has 2 rings (SSSR count). The third-order valence-electron chi connectivity index (χ3n) is 3.68. The van der Waals surface area contributed by atoms with Crippen LogP contribution in [0.15, 0.2) is 39.0 Å². The molecule has 146 valence electrons. The monoisotopic (exact) mass is 476 g/mol. The molecule has 0 bridgehead atoms. The number of nitro benzene ring substituents is 1. The molecule has 0 aliphatic heterocycles. The van der Waals surface area contributed by atoms with Crippen LogP contribution < -0.4 is 4.74 Å². The fourth-order valence-corrected chi connectivity index (χ4v) is 5.10. The molecule has 0 fully saturated rings. The van der Waals surface area contributed by atoms with Crippen molar-refractivity contribution in [3.8, 4) is 5.75 Å². The van der Waals surface area contributed by atoms with Crippen LogP contribution in [0.25, 0.3) is 0 Å². The highest BCUT2D eigenvalue weighted by Crippen LogP contribution is 2.31. The number of hydrogen-bond donors (Lipinski definition) is 0. The Bertz CT molecular complexity index is 954. The highest BCUT2D eigenvalue weighted by molar-refractivity contribution is 9.11. The van der Waals surface area contributed by atoms with E-state index in [-0.39, 0.29) is 29.5 Å². The number of ether oxygens (including phenoxy) is 1. The maximum absolute atomic E-state index is 12.5. The van der Waals surface area contributed by atoms with Crippen molar-refractivity contribution in [2.45, 2.75) is 18.7 Å². The molecule has 1 aromatic carbocycles. The minimum Gasteiger partial charge on any atom is -0.478 e. The second-order valence-corrected chi connectivity index (χ2v) is 9.69. The molecule has 11 heteroatoms. The first-order valence-electron chi connectivity index (χ1n) is 7.90. The highest BCUT2D eigenvalue weighted by Gasteiger charge is 2.26. The summed E-state index contributed by atoms with van der Waals surface area (Å²) in [7, 11) is -3.84. The van der Waals surface area contributed by atoms with Gasteiger partial charge in [-0.3, -0.25) is 14.9 Å². The van der Waals surface area contributed by atoms with E-state index < -0.39 is 27.2 Å². The first-order chi connectivity index (χ1) is 12.7. The van der Waals surface area contributed by atoms with Crippen LogP contribution in [0.1, 0.15) is 23.5 Å². The lowest BCUT2D eigenvalue weighted by molar-refractivity contribution is -0.386. The smallest absolute Gasteiger partial charge is 0.312 e. The van der Waals surface area contributed by atoms with E-state index in [2.05, 4.69) is 15.9 Å². The zero-order chi connectivity index (χ0) is 20.2. The van der Waals surface area contributed by atoms with Gasteiger partial charge in [0.1, 0.15) is 0 Å². The molecule has 0 spiro atoms. The maximum Gasteiger partial charge on any atom is 0.312 e. The summed E-state index contributed by atoms with van der Waals surface area (Å²) >= 11 is 4.48. The number of nitro groups is 1. The largest absolute Gasteiger partial charge is 0.478 e. The number of carbonyl (C=O) groups excluding carboxylic acids is 1. The number of hydrogen-bond acceptors (Lipinski definition) is 7. The van der Waals surface area contributed by atoms with Gasteiger partial charge in [0.2, 0.25) is 15.8 Å². The van der Waals surface area contributed by atoms with Gasteiger partial charge in [0.15, 0.2) is 12.4 Å². The number of thiophene rings is 1. The van der Waals surface area contributed by atoms with E-state index in [1.54, 1.807) is 26.0 Å². The third-order valence-corrected chi connectivity index (χ3v) is 7.39. The van der Waals surface area contributed by atoms with Gasteiger partial charge in [-0.1, -0.05) is 13.8 Å². The number of halogens is 1. The fourth-order valence-electron chi connectivity index (χ4n) is 2.31. The van der Waals surface area contributed by atoms with Crippen molar-refractivity contribution in [2.24, 2.45) is 0 Å². The topological polar surface area (TPSA) is 107 Å². The predicted octanol–water partition coefficient (Wildman–Crippen LogP) is 3.71. The number of sulfonamides is 1. The number of rotatable bonds is 9. The van der Waals surface area contributed by atoms with Crippen LogP contribution in [-0.2, 0) is 10.0 Å². The molecular formula is C16H17BrN2O6S2. The average Bonchev–Trinajstić information content (AvgIpc) is 3.06. The number of carbonyl (C=O) groups is 1. The van der Waals surface area contributed by atoms with Crippen molar-refractivity contribution in [3.05, 3.63) is 49.1 Å². The van der Waals surface area contributed by atoms with Gasteiger partial charge in [0.25, 0.3) is 0 Å². The Hall–Kier alpha value is -1.82. The lowest BCUT2D eigenvalue weighted by Crippen LogP contribution is -2.30. The molecule has 0 unspecified atom stereocenters. The van der Waals surface area contributed by atoms with Crippen molar-refractivity contribution < 1.29 is 22.9 Å². The van der Waals surface area contributed by atoms with Crippen LogP contribution in [0.2, 0.25) is 0 Å². The normalized spacial score (nSPS) is 11.6. The number of ketones is 1. The summed E-state index contributed by atoms with van der Waals surface area (Å²) in [6.45, 7) is 3.46. The van der Waals surface area contributed by atoms with Gasteiger partial charge in [-0.2, -0.15) is 4.31 Å². The number of benzene rings is 1. The van der Waals surface area contributed by atoms with Crippen molar-refractivity contribution in [2.75, 3.05) is 19.7 Å². The van der Waals surface area contributed by atoms with Crippen LogP contribution in [0.5, 0.6) is 5.75 Å². The second-order valence-electron chi connectivity index (χ2n) is 5.29. The summed E-state index contributed by atoms with van der Waals surface area (Å²) in [5.74, 6) is -0.498. The quantitative estimate of drug-likeness (QED) is 0.310. The molecule has 1 aromatic heterocycles. The van der Waals surface area contributed by atoms with Gasteiger partial charge in [-0.25, -0.2) is 8.42 Å². The first-order valence-corrected chi connectivity index (χ1v) is 11.0. The molecule has 0 amide bonds. The average molecular weight is 477 g/mol. The first kappa shape index (κ1) is 21.5. The summed E-state index contributed by atoms with van der Waals surface area (Å²) in [6.07, 6.45) is 0. The molecule has 0 atom stereocenters. The predicted molar refractivity (Wildman–Crippen MR) is 105 cm³/mol. The molecule has 0 saturated heterocycles. The lowest BCUT2D eigenvalue weighted by Gasteiger charge is -2.18. The molecule has 0 saturated carbocycles. The van der Waals surface area contributed by atoms with E-state index in [4.69, 9.17) is 4.74 Å². The van der Waals surface area contributed by atoms with Crippen LogP contribution >= 0.6 is 27.3 Å². The van der Waals surface area contributed by atoms with Crippen LogP contribution in [0.4, 0.5) is 5.69 Å². The standard InChI is InChI=1S/C16H17BrN2O6S2/c1-3-18(4-2)27(23,24)11-5-6-14(12(9-11)19(21)22)25-10-13(20)15-7-8-16(17)26-15/h5-9H,3-4,10H2,1-2H3. The van der Waals surface area contributed by atoms with E-state index in [0.29, 0.717) is 4.88 Å². The summed E-state index contributed by atoms with van der Waals surface area (Å²) in [5.41, 5.74) is -0.511. The molecule has 0 aliphatic rings. The van der Waals surface area contributed by atoms with Gasteiger partial charge in [0.05, 0.1) is 18.5 Å². The van der Waals surface area contributed by atoms with Gasteiger partial charge in [-0.05, 0) is 40.2 Å². The fraction of sp³-hybridized carbons (Fsp3) is 0.312. The van der Waals surface area contributed by atoms with E-state index in [1.165, 1.54) is 27.8 Å². The van der Waals surface area contributed by atoms with Gasteiger partial charge in [-0.15, -0.1) is 11.3 Å². The summed E-state index contributed by atoms with van der Waals surface area (Å²) < 4.78 is 32.4. The third kappa shape index (κ3) is 4.92. The van der Waals surface area contributed by atoms with Gasteiger partial charge in [0, 0.05) is 19.2 Å². The highest BCUT2D eigenvalue weighted by atomic mass is 79.9. The van der Waals surface area contributed by atoms with Gasteiger partial charge >= 0.3 is 5.69 Å². The Balaban J connectivity index is 2.28. The Kier molecular flexibility index (Phi) is 7.09. The molecule has 0 aliphatic carbocycles. The van der Waals surface area contributed by atoms with Crippen molar-refractivity contribution in [1.82, 2.24) is 4.31 Å². The van der Waals surface area contributed by atoms with Crippen molar-refractivity contribution in [1.29, 1.82) is 0 Å². The molecule has 1 heterocycles. The second kappa shape index (κ2) is 8.91. The zero-order valence-corrected chi connectivity index (χ0v) is 17.8. The van der Waals surface area contributed by atoms with Crippen molar-refractivity contribution in [3.63, 3.8) is 0 Å². The molecule has 0 radical (unpaired) electrons. The summed E-state index contributed by atoms with van der Waals surface area (Å²) in [6, 6.07) is 6.73. The van der Waals surface area contributed by atoms with E-state index in [1.807, 2.05) is 0 Å². The van der Waals surface area contributed by atoms with Crippen LogP contribution in [-0.4, -0.2) is 43.1 Å². The Morgan fingerprint density at radius 1 is 1.26 bits per heavy atom. The minimum absolute atomic E-state index is 0.164. The Morgan fingerprint density at radius 2 is 1.93 bits per heavy atom. The van der Waals surface area contributed by atoms with Crippen molar-refractivity contribution >= 4 is 48.8 Å². The number of Topliss-reactive ketones (excluding diaryl/α,β-unsaturated/α-hetero) is 1. The molecule has 2 aromatic rings.